The smallest absolute Gasteiger partial charge is 0.233 e. The van der Waals surface area contributed by atoms with Crippen LogP contribution in [0.5, 0.6) is 0 Å². The molecule has 0 spiro atoms. The van der Waals surface area contributed by atoms with E-state index in [1.165, 1.54) is 19.3 Å². The maximum Gasteiger partial charge on any atom is 0.233 e. The number of nitrogens with zero attached hydrogens (tertiary/aromatic N) is 18. The number of aryl methyl sites for hydroxylation is 2. The summed E-state index contributed by atoms with van der Waals surface area (Å²) < 4.78 is 16.7. The van der Waals surface area contributed by atoms with Crippen molar-refractivity contribution >= 4 is 97.2 Å². The highest BCUT2D eigenvalue weighted by atomic mass is 127. The summed E-state index contributed by atoms with van der Waals surface area (Å²) in [5.41, 5.74) is 14.9. The molecule has 0 aliphatic carbocycles. The first-order chi connectivity index (χ1) is 41.6. The first kappa shape index (κ1) is 58.1. The highest BCUT2D eigenvalue weighted by Gasteiger charge is 2.37. The predicted octanol–water partition coefficient (Wildman–Crippen LogP) is 9.34. The Morgan fingerprint density at radius 2 is 1.05 bits per heavy atom. The lowest BCUT2D eigenvalue weighted by atomic mass is 9.83. The van der Waals surface area contributed by atoms with Gasteiger partial charge >= 0.3 is 0 Å². The summed E-state index contributed by atoms with van der Waals surface area (Å²) in [6.07, 6.45) is 23.7. The number of pyridine rings is 2. The average Bonchev–Trinajstić information content (AvgIpc) is 2.24. The van der Waals surface area contributed by atoms with Gasteiger partial charge in [-0.25, -0.2) is 39.3 Å². The number of rotatable bonds is 6. The van der Waals surface area contributed by atoms with Crippen LogP contribution in [-0.2, 0) is 38.4 Å². The third kappa shape index (κ3) is 12.0. The van der Waals surface area contributed by atoms with Crippen molar-refractivity contribution in [1.82, 2.24) is 59.4 Å². The standard InChI is InChI=1S/C25H31N7O2.C20H23N7O.C17H24IN5O/c1-25(2)10-13-30(14-11-25)19-16-27-22-23(28-19)32(21-7-3-4-15-34-21)29-24(22)31-18-6-5-12-26-17(18)8-9-20(31)33;1-20(21)6-9-26(10-7-20)16-12-23-18-14(25-16)11-24-19(18)27-15-3-2-8-22-13(15)4-5-17(27)28;1-17(2)6-8-22(9-7-17)12-11-19-14-15(18)21-23(16(14)20-12)13-5-3-4-10-24-13/h5-6,12,16,21H,3-4,7-11,13-15H2,1-2H3;2-3,8,12H,4-7,9-11,21H2,1H3;11,13H,3-10H2,1-2H3. The summed E-state index contributed by atoms with van der Waals surface area (Å²) >= 11 is 2.24. The van der Waals surface area contributed by atoms with Gasteiger partial charge in [0.1, 0.15) is 28.7 Å². The Morgan fingerprint density at radius 1 is 0.558 bits per heavy atom. The first-order valence-corrected chi connectivity index (χ1v) is 32.0. The SMILES string of the molecule is CC1(C)CCN(c2cnc3c(I)nn(C4CCCCO4)c3n2)CC1.CC1(C)CCN(c2cnc3c(N4C(=O)CCc5ncccc54)nn(C4CCCCO4)c3n2)CC1.CC1(N)CCN(c2cnc3c(n2)CN=C3N2C(=O)CCc3ncccc32)CC1. The normalized spacial score (nSPS) is 22.5. The number of hydrogen-bond acceptors (Lipinski definition) is 19. The van der Waals surface area contributed by atoms with Crippen LogP contribution in [0.1, 0.15) is 160 Å². The van der Waals surface area contributed by atoms with Gasteiger partial charge in [-0.3, -0.25) is 34.3 Å². The van der Waals surface area contributed by atoms with Crippen LogP contribution in [-0.4, -0.2) is 135 Å². The Morgan fingerprint density at radius 3 is 1.60 bits per heavy atom. The molecule has 7 aromatic heterocycles. The van der Waals surface area contributed by atoms with Crippen LogP contribution in [0.4, 0.5) is 34.6 Å². The van der Waals surface area contributed by atoms with E-state index in [0.717, 1.165) is 164 Å². The van der Waals surface area contributed by atoms with Gasteiger partial charge in [-0.15, -0.1) is 5.10 Å². The highest BCUT2D eigenvalue weighted by molar-refractivity contribution is 14.1. The van der Waals surface area contributed by atoms with E-state index in [2.05, 4.69) is 102 Å². The molecule has 24 heteroatoms. The zero-order valence-electron chi connectivity index (χ0n) is 50.2. The molecule has 8 aliphatic rings. The average molecular weight is 1280 g/mol. The molecule has 8 aliphatic heterocycles. The fourth-order valence-electron chi connectivity index (χ4n) is 12.7. The van der Waals surface area contributed by atoms with Gasteiger partial charge in [-0.2, -0.15) is 5.10 Å². The zero-order valence-corrected chi connectivity index (χ0v) is 52.3. The second-order valence-electron chi connectivity index (χ2n) is 26.0. The number of ether oxygens (including phenoxy) is 2. The molecule has 452 valence electrons. The second kappa shape index (κ2) is 24.0. The third-order valence-corrected chi connectivity index (χ3v) is 19.1. The molecule has 2 atom stereocenters. The molecule has 0 saturated carbocycles. The van der Waals surface area contributed by atoms with Crippen molar-refractivity contribution in [2.75, 3.05) is 77.0 Å². The largest absolute Gasteiger partial charge is 0.356 e. The number of aromatic nitrogens is 12. The number of amidine groups is 1. The number of piperidine rings is 3. The molecule has 15 heterocycles. The van der Waals surface area contributed by atoms with Gasteiger partial charge in [-0.05, 0) is 142 Å². The monoisotopic (exact) mass is 1280 g/mol. The van der Waals surface area contributed by atoms with Crippen LogP contribution in [0.2, 0.25) is 0 Å². The number of hydrogen-bond donors (Lipinski definition) is 1. The van der Waals surface area contributed by atoms with Crippen LogP contribution in [0.25, 0.3) is 22.3 Å². The minimum absolute atomic E-state index is 0.000695. The van der Waals surface area contributed by atoms with E-state index in [1.54, 1.807) is 28.4 Å². The number of aliphatic imine (C=N–C) groups is 1. The summed E-state index contributed by atoms with van der Waals surface area (Å²) in [6, 6.07) is 7.55. The zero-order chi connectivity index (χ0) is 59.3. The Kier molecular flexibility index (Phi) is 16.2. The molecule has 2 amide bonds. The predicted molar refractivity (Wildman–Crippen MR) is 338 cm³/mol. The van der Waals surface area contributed by atoms with E-state index >= 15 is 0 Å². The van der Waals surface area contributed by atoms with Gasteiger partial charge in [0.2, 0.25) is 11.8 Å². The van der Waals surface area contributed by atoms with E-state index < -0.39 is 0 Å². The molecule has 0 radical (unpaired) electrons. The lowest BCUT2D eigenvalue weighted by Gasteiger charge is -2.37. The quantitative estimate of drug-likeness (QED) is 0.152. The molecule has 5 fully saturated rings. The van der Waals surface area contributed by atoms with Gasteiger partial charge in [0, 0.05) is 96.1 Å². The lowest BCUT2D eigenvalue weighted by Crippen LogP contribution is -2.48. The highest BCUT2D eigenvalue weighted by Crippen LogP contribution is 2.40. The summed E-state index contributed by atoms with van der Waals surface area (Å²) in [5.74, 6) is 3.81. The Hall–Kier alpha value is -6.90. The van der Waals surface area contributed by atoms with Crippen LogP contribution < -0.4 is 30.2 Å². The minimum Gasteiger partial charge on any atom is -0.356 e. The van der Waals surface area contributed by atoms with Gasteiger partial charge in [0.05, 0.1) is 53.6 Å². The molecule has 0 aromatic carbocycles. The minimum atomic E-state index is -0.205. The van der Waals surface area contributed by atoms with Gasteiger partial charge in [-0.1, -0.05) is 27.7 Å². The molecule has 2 unspecified atom stereocenters. The van der Waals surface area contributed by atoms with Crippen LogP contribution >= 0.6 is 22.6 Å². The van der Waals surface area contributed by atoms with Gasteiger partial charge < -0.3 is 29.9 Å². The Labute approximate surface area is 515 Å². The number of carbonyl (C=O) groups excluding carboxylic acids is 2. The molecule has 0 bridgehead atoms. The van der Waals surface area contributed by atoms with E-state index in [1.807, 2.05) is 46.0 Å². The summed E-state index contributed by atoms with van der Waals surface area (Å²) in [7, 11) is 0. The molecular formula is C62H78IN19O4. The summed E-state index contributed by atoms with van der Waals surface area (Å²) in [6.45, 7) is 19.1. The molecule has 5 saturated heterocycles. The first-order valence-electron chi connectivity index (χ1n) is 30.9. The second-order valence-corrected chi connectivity index (χ2v) is 27.0. The maximum atomic E-state index is 13.1. The van der Waals surface area contributed by atoms with Crippen molar-refractivity contribution in [2.24, 2.45) is 21.6 Å². The summed E-state index contributed by atoms with van der Waals surface area (Å²) in [5, 5.41) is 9.58. The van der Waals surface area contributed by atoms with E-state index in [4.69, 9.17) is 40.2 Å². The van der Waals surface area contributed by atoms with Crippen molar-refractivity contribution in [3.8, 4) is 0 Å². The van der Waals surface area contributed by atoms with Crippen molar-refractivity contribution in [1.29, 1.82) is 0 Å². The Balaban J connectivity index is 0.000000122. The van der Waals surface area contributed by atoms with Crippen LogP contribution in [0.3, 0.4) is 0 Å². The number of halogens is 1. The molecule has 86 heavy (non-hydrogen) atoms. The van der Waals surface area contributed by atoms with Crippen molar-refractivity contribution in [3.63, 3.8) is 0 Å². The molecule has 7 aromatic rings. The number of nitrogens with two attached hydrogens (primary N) is 1. The molecule has 2 N–H and O–H groups in total. The maximum absolute atomic E-state index is 13.1. The number of anilines is 6. The molecule has 15 rings (SSSR count). The number of amides is 2. The van der Waals surface area contributed by atoms with E-state index in [9.17, 15) is 9.59 Å². The molecular weight excluding hydrogens is 1200 g/mol. The fraction of sp³-hybridized carbons (Fsp3) is 0.565. The Bertz CT molecular complexity index is 3670. The van der Waals surface area contributed by atoms with E-state index in [-0.39, 0.29) is 29.8 Å². The van der Waals surface area contributed by atoms with E-state index in [0.29, 0.717) is 78.2 Å². The number of carbonyl (C=O) groups is 2. The third-order valence-electron chi connectivity index (χ3n) is 18.4. The van der Waals surface area contributed by atoms with Crippen molar-refractivity contribution < 1.29 is 19.1 Å². The van der Waals surface area contributed by atoms with Gasteiger partial charge in [0.15, 0.2) is 44.6 Å². The number of fused-ring (bicyclic) bond motifs is 5. The van der Waals surface area contributed by atoms with Crippen LogP contribution in [0, 0.1) is 14.5 Å². The lowest BCUT2D eigenvalue weighted by molar-refractivity contribution is -0.118. The summed E-state index contributed by atoms with van der Waals surface area (Å²) in [4.78, 5) is 78.5. The molecule has 23 nitrogen and oxygen atoms in total. The van der Waals surface area contributed by atoms with Gasteiger partial charge in [0.25, 0.3) is 0 Å². The van der Waals surface area contributed by atoms with Crippen molar-refractivity contribution in [3.05, 3.63) is 81.7 Å². The van der Waals surface area contributed by atoms with Crippen LogP contribution in [0.15, 0.2) is 60.2 Å². The fourth-order valence-corrected chi connectivity index (χ4v) is 13.3. The topological polar surface area (TPSA) is 246 Å². The van der Waals surface area contributed by atoms with Crippen molar-refractivity contribution in [2.45, 2.75) is 162 Å².